The summed E-state index contributed by atoms with van der Waals surface area (Å²) in [6.07, 6.45) is 7.30. The molecule has 0 atom stereocenters. The fourth-order valence-corrected chi connectivity index (χ4v) is 5.33. The van der Waals surface area contributed by atoms with Gasteiger partial charge in [0.1, 0.15) is 11.5 Å². The Balaban J connectivity index is 1.49. The first-order valence-electron chi connectivity index (χ1n) is 10.0. The van der Waals surface area contributed by atoms with Crippen molar-refractivity contribution in [3.8, 4) is 34.3 Å². The molecule has 5 aromatic rings. The summed E-state index contributed by atoms with van der Waals surface area (Å²) in [6.45, 7) is 0.687. The van der Waals surface area contributed by atoms with E-state index in [1.807, 2.05) is 18.2 Å². The summed E-state index contributed by atoms with van der Waals surface area (Å²) in [6, 6.07) is 14.5. The highest BCUT2D eigenvalue weighted by molar-refractivity contribution is 7.27. The third-order valence-corrected chi connectivity index (χ3v) is 6.86. The normalized spacial score (nSPS) is 11.1. The summed E-state index contributed by atoms with van der Waals surface area (Å²) in [7, 11) is 0. The maximum Gasteiger partial charge on any atom is 0.298 e. The lowest BCUT2D eigenvalue weighted by Gasteiger charge is -2.08. The first kappa shape index (κ1) is 21.6. The van der Waals surface area contributed by atoms with E-state index in [4.69, 9.17) is 9.47 Å². The summed E-state index contributed by atoms with van der Waals surface area (Å²) < 4.78 is 12.5. The van der Waals surface area contributed by atoms with Gasteiger partial charge in [0.15, 0.2) is 0 Å². The second kappa shape index (κ2) is 9.74. The van der Waals surface area contributed by atoms with Crippen molar-refractivity contribution in [1.29, 1.82) is 0 Å². The minimum Gasteiger partial charge on any atom is -0.429 e. The van der Waals surface area contributed by atoms with E-state index in [1.165, 1.54) is 20.5 Å². The van der Waals surface area contributed by atoms with E-state index in [0.29, 0.717) is 47.2 Å². The lowest BCUT2D eigenvalue weighted by Crippen LogP contribution is -1.97. The fraction of sp³-hybridized carbons (Fsp3) is 0. The second-order valence-corrected chi connectivity index (χ2v) is 9.05. The molecule has 0 spiro atoms. The molecular weight excluding hydrogens is 470 g/mol. The molecule has 5 heterocycles. The number of carbonyl (C=O) groups is 2. The number of hydrogen-bond donors (Lipinski definition) is 0. The molecule has 0 aliphatic carbocycles. The van der Waals surface area contributed by atoms with Crippen LogP contribution in [0, 0.1) is 0 Å². The van der Waals surface area contributed by atoms with Crippen molar-refractivity contribution in [2.45, 2.75) is 0 Å². The van der Waals surface area contributed by atoms with Crippen molar-refractivity contribution in [2.24, 2.45) is 0 Å². The van der Waals surface area contributed by atoms with Gasteiger partial charge < -0.3 is 9.47 Å². The molecule has 9 heteroatoms. The van der Waals surface area contributed by atoms with Crippen molar-refractivity contribution in [2.75, 3.05) is 0 Å². The molecule has 0 saturated heterocycles. The molecule has 5 rings (SSSR count). The average molecular weight is 486 g/mol. The number of pyridine rings is 3. The summed E-state index contributed by atoms with van der Waals surface area (Å²) in [4.78, 5) is 36.2. The molecule has 0 aliphatic heterocycles. The molecule has 0 saturated carbocycles. The molecule has 0 N–H and O–H groups in total. The van der Waals surface area contributed by atoms with Crippen LogP contribution in [0.4, 0.5) is 0 Å². The zero-order chi connectivity index (χ0) is 23.3. The van der Waals surface area contributed by atoms with Gasteiger partial charge in [0.05, 0.1) is 22.8 Å². The molecule has 0 bridgehead atoms. The molecule has 166 valence electrons. The Bertz CT molecular complexity index is 1500. The first-order chi connectivity index (χ1) is 16.7. The molecule has 0 unspecified atom stereocenters. The number of rotatable bonds is 8. The van der Waals surface area contributed by atoms with E-state index in [9.17, 15) is 9.59 Å². The largest absolute Gasteiger partial charge is 0.429 e. The van der Waals surface area contributed by atoms with Crippen LogP contribution in [0.15, 0.2) is 66.3 Å². The van der Waals surface area contributed by atoms with Crippen LogP contribution in [-0.2, 0) is 9.59 Å². The molecule has 5 aromatic heterocycles. The summed E-state index contributed by atoms with van der Waals surface area (Å²) in [5.41, 5.74) is 2.95. The van der Waals surface area contributed by atoms with Gasteiger partial charge in [-0.25, -0.2) is 4.98 Å². The van der Waals surface area contributed by atoms with E-state index < -0.39 is 0 Å². The van der Waals surface area contributed by atoms with Crippen LogP contribution in [-0.4, -0.2) is 27.9 Å². The fourth-order valence-electron chi connectivity index (χ4n) is 3.31. The highest BCUT2D eigenvalue weighted by Crippen LogP contribution is 2.32. The Morgan fingerprint density at radius 2 is 1.41 bits per heavy atom. The summed E-state index contributed by atoms with van der Waals surface area (Å²) in [5.74, 6) is 0.615. The van der Waals surface area contributed by atoms with Gasteiger partial charge in [-0.2, -0.15) is 0 Å². The molecule has 0 amide bonds. The van der Waals surface area contributed by atoms with Crippen LogP contribution in [0.1, 0.15) is 10.4 Å². The molecule has 0 radical (unpaired) electrons. The minimum atomic E-state index is 0.292. The van der Waals surface area contributed by atoms with Crippen LogP contribution in [0.25, 0.3) is 44.3 Å². The van der Waals surface area contributed by atoms with Gasteiger partial charge in [-0.05, 0) is 47.4 Å². The van der Waals surface area contributed by atoms with Gasteiger partial charge in [-0.3, -0.25) is 19.6 Å². The summed E-state index contributed by atoms with van der Waals surface area (Å²) >= 11 is 3.47. The third kappa shape index (κ3) is 4.75. The monoisotopic (exact) mass is 485 g/mol. The van der Waals surface area contributed by atoms with Gasteiger partial charge in [0.25, 0.3) is 12.9 Å². The number of fused-ring (bicyclic) bond motifs is 1. The Hall–Kier alpha value is -4.21. The zero-order valence-electron chi connectivity index (χ0n) is 17.5. The average Bonchev–Trinajstić information content (AvgIpc) is 3.46. The number of ether oxygens (including phenoxy) is 2. The molecule has 0 aromatic carbocycles. The maximum atomic E-state index is 11.0. The maximum absolute atomic E-state index is 11.0. The van der Waals surface area contributed by atoms with E-state index in [0.717, 1.165) is 5.56 Å². The lowest BCUT2D eigenvalue weighted by atomic mass is 10.1. The predicted octanol–water partition coefficient (Wildman–Crippen LogP) is 5.72. The van der Waals surface area contributed by atoms with Crippen molar-refractivity contribution in [1.82, 2.24) is 15.0 Å². The Morgan fingerprint density at radius 1 is 0.706 bits per heavy atom. The lowest BCUT2D eigenvalue weighted by molar-refractivity contribution is -0.121. The summed E-state index contributed by atoms with van der Waals surface area (Å²) in [5, 5.41) is 2.09. The van der Waals surface area contributed by atoms with Gasteiger partial charge in [-0.1, -0.05) is 6.08 Å². The van der Waals surface area contributed by atoms with E-state index in [-0.39, 0.29) is 0 Å². The van der Waals surface area contributed by atoms with Gasteiger partial charge in [0, 0.05) is 44.9 Å². The van der Waals surface area contributed by atoms with Crippen molar-refractivity contribution in [3.63, 3.8) is 0 Å². The Morgan fingerprint density at radius 3 is 2.18 bits per heavy atom. The number of carbonyl (C=O) groups excluding carboxylic acids is 2. The Kier molecular flexibility index (Phi) is 6.19. The van der Waals surface area contributed by atoms with Crippen LogP contribution in [0.5, 0.6) is 11.5 Å². The standard InChI is InChI=1S/C25H15N3O4S2/c29-14-31-17-4-7-27-21(10-17)23-12-18(32-15-30)11-22(28-23)20-9-16(3-6-26-20)1-2-19-13-25-24(34-19)5-8-33-25/h1-15H/b2-1+. The highest BCUT2D eigenvalue weighted by atomic mass is 32.1. The number of thiophene rings is 2. The van der Waals surface area contributed by atoms with Crippen LogP contribution in [0.2, 0.25) is 0 Å². The smallest absolute Gasteiger partial charge is 0.298 e. The zero-order valence-corrected chi connectivity index (χ0v) is 19.1. The van der Waals surface area contributed by atoms with Gasteiger partial charge in [-0.15, -0.1) is 22.7 Å². The van der Waals surface area contributed by atoms with E-state index in [2.05, 4.69) is 38.5 Å². The van der Waals surface area contributed by atoms with E-state index in [1.54, 1.807) is 53.1 Å². The quantitative estimate of drug-likeness (QED) is 0.260. The highest BCUT2D eigenvalue weighted by Gasteiger charge is 2.11. The van der Waals surface area contributed by atoms with Crippen molar-refractivity contribution < 1.29 is 19.1 Å². The second-order valence-electron chi connectivity index (χ2n) is 6.98. The van der Waals surface area contributed by atoms with Gasteiger partial charge in [0.2, 0.25) is 0 Å². The molecule has 34 heavy (non-hydrogen) atoms. The Labute approximate surface area is 202 Å². The number of hydrogen-bond acceptors (Lipinski definition) is 9. The number of aromatic nitrogens is 3. The van der Waals surface area contributed by atoms with Crippen molar-refractivity contribution >= 4 is 57.2 Å². The van der Waals surface area contributed by atoms with Gasteiger partial charge >= 0.3 is 0 Å². The third-order valence-electron chi connectivity index (χ3n) is 4.81. The molecular formula is C25H15N3O4S2. The van der Waals surface area contributed by atoms with E-state index >= 15 is 0 Å². The molecule has 0 aliphatic rings. The number of nitrogens with zero attached hydrogens (tertiary/aromatic N) is 3. The van der Waals surface area contributed by atoms with Crippen LogP contribution < -0.4 is 9.47 Å². The van der Waals surface area contributed by atoms with Crippen LogP contribution >= 0.6 is 22.7 Å². The minimum absolute atomic E-state index is 0.292. The topological polar surface area (TPSA) is 91.3 Å². The van der Waals surface area contributed by atoms with Crippen LogP contribution in [0.3, 0.4) is 0 Å². The SMILES string of the molecule is O=COc1ccnc(-c2cc(OC=O)cc(-c3cc(/C=C/c4cc5sccc5s4)ccn3)n2)c1. The molecule has 0 fully saturated rings. The van der Waals surface area contributed by atoms with Crippen molar-refractivity contribution in [3.05, 3.63) is 76.7 Å². The first-order valence-corrected chi connectivity index (χ1v) is 11.7. The predicted molar refractivity (Wildman–Crippen MR) is 133 cm³/mol. The molecule has 7 nitrogen and oxygen atoms in total.